The van der Waals surface area contributed by atoms with Gasteiger partial charge in [-0.25, -0.2) is 0 Å². The Morgan fingerprint density at radius 1 is 1.27 bits per heavy atom. The van der Waals surface area contributed by atoms with Gasteiger partial charge in [0.1, 0.15) is 0 Å². The molecule has 0 aromatic carbocycles. The van der Waals surface area contributed by atoms with Crippen LogP contribution in [0.1, 0.15) is 40.0 Å². The van der Waals surface area contributed by atoms with Gasteiger partial charge < -0.3 is 10.1 Å². The van der Waals surface area contributed by atoms with Crippen LogP contribution in [0.4, 0.5) is 0 Å². The Hall–Kier alpha value is -0.280. The minimum absolute atomic E-state index is 0.0594. The SMILES string of the molecule is C1CCNCC1.CC(C)(C)C(=O)OCCl. The monoisotopic (exact) mass is 235 g/mol. The fourth-order valence-electron chi connectivity index (χ4n) is 1.07. The molecule has 1 fully saturated rings. The van der Waals surface area contributed by atoms with Gasteiger partial charge in [0, 0.05) is 0 Å². The first kappa shape index (κ1) is 14.7. The van der Waals surface area contributed by atoms with Gasteiger partial charge in [-0.15, -0.1) is 0 Å². The van der Waals surface area contributed by atoms with E-state index in [1.807, 2.05) is 0 Å². The van der Waals surface area contributed by atoms with Gasteiger partial charge in [0.2, 0.25) is 0 Å². The first-order valence-corrected chi connectivity index (χ1v) is 5.96. The lowest BCUT2D eigenvalue weighted by molar-refractivity contribution is -0.150. The summed E-state index contributed by atoms with van der Waals surface area (Å²) in [4.78, 5) is 10.8. The summed E-state index contributed by atoms with van der Waals surface area (Å²) in [5.74, 6) is -0.266. The fourth-order valence-corrected chi connectivity index (χ4v) is 1.17. The highest BCUT2D eigenvalue weighted by Gasteiger charge is 2.22. The number of carbonyl (C=O) groups excluding carboxylic acids is 1. The Balaban J connectivity index is 0.000000280. The summed E-state index contributed by atoms with van der Waals surface area (Å²) in [6.07, 6.45) is 4.22. The van der Waals surface area contributed by atoms with Crippen LogP contribution >= 0.6 is 11.6 Å². The van der Waals surface area contributed by atoms with Crippen molar-refractivity contribution in [1.82, 2.24) is 5.32 Å². The highest BCUT2D eigenvalue weighted by Crippen LogP contribution is 2.14. The van der Waals surface area contributed by atoms with Crippen LogP contribution in [0.3, 0.4) is 0 Å². The number of hydrogen-bond donors (Lipinski definition) is 1. The molecule has 0 bridgehead atoms. The van der Waals surface area contributed by atoms with Gasteiger partial charge in [-0.3, -0.25) is 4.79 Å². The molecule has 0 spiro atoms. The Morgan fingerprint density at radius 2 is 1.80 bits per heavy atom. The Morgan fingerprint density at radius 3 is 1.93 bits per heavy atom. The topological polar surface area (TPSA) is 38.3 Å². The molecule has 1 N–H and O–H groups in total. The molecule has 0 unspecified atom stereocenters. The second-order valence-electron chi connectivity index (χ2n) is 4.60. The second-order valence-corrected chi connectivity index (χ2v) is 4.82. The Bertz CT molecular complexity index is 162. The maximum atomic E-state index is 10.8. The van der Waals surface area contributed by atoms with Crippen LogP contribution in [0.2, 0.25) is 0 Å². The van der Waals surface area contributed by atoms with Crippen molar-refractivity contribution in [2.45, 2.75) is 40.0 Å². The van der Waals surface area contributed by atoms with E-state index in [2.05, 4.69) is 10.1 Å². The smallest absolute Gasteiger partial charge is 0.312 e. The zero-order chi connectivity index (χ0) is 11.7. The first-order valence-electron chi connectivity index (χ1n) is 5.42. The molecule has 1 aliphatic heterocycles. The molecule has 1 heterocycles. The summed E-state index contributed by atoms with van der Waals surface area (Å²) in [5.41, 5.74) is -0.436. The first-order chi connectivity index (χ1) is 6.98. The summed E-state index contributed by atoms with van der Waals surface area (Å²) in [6, 6.07) is -0.0594. The van der Waals surface area contributed by atoms with Gasteiger partial charge in [0.25, 0.3) is 0 Å². The summed E-state index contributed by atoms with van der Waals surface area (Å²) in [6.45, 7) is 7.84. The molecule has 1 rings (SSSR count). The van der Waals surface area contributed by atoms with E-state index in [1.165, 1.54) is 32.4 Å². The summed E-state index contributed by atoms with van der Waals surface area (Å²) >= 11 is 5.16. The number of nitrogens with one attached hydrogen (secondary N) is 1. The molecule has 0 aromatic heterocycles. The predicted octanol–water partition coefficient (Wildman–Crippen LogP) is 2.53. The summed E-state index contributed by atoms with van der Waals surface area (Å²) in [7, 11) is 0. The van der Waals surface area contributed by atoms with Crippen molar-refractivity contribution in [3.8, 4) is 0 Å². The Labute approximate surface area is 97.5 Å². The van der Waals surface area contributed by atoms with Crippen molar-refractivity contribution in [3.63, 3.8) is 0 Å². The third-order valence-corrected chi connectivity index (χ3v) is 2.11. The van der Waals surface area contributed by atoms with Crippen LogP contribution in [-0.2, 0) is 9.53 Å². The lowest BCUT2D eigenvalue weighted by Crippen LogP contribution is -2.22. The van der Waals surface area contributed by atoms with E-state index in [-0.39, 0.29) is 12.0 Å². The van der Waals surface area contributed by atoms with Crippen LogP contribution in [-0.4, -0.2) is 25.1 Å². The molecule has 0 radical (unpaired) electrons. The van der Waals surface area contributed by atoms with Crippen molar-refractivity contribution in [2.24, 2.45) is 5.41 Å². The molecule has 0 aromatic rings. The maximum Gasteiger partial charge on any atom is 0.312 e. The molecular formula is C11H22ClNO2. The quantitative estimate of drug-likeness (QED) is 0.561. The molecule has 1 aliphatic rings. The van der Waals surface area contributed by atoms with Crippen LogP contribution in [0.15, 0.2) is 0 Å². The second kappa shape index (κ2) is 7.94. The van der Waals surface area contributed by atoms with E-state index in [0.717, 1.165) is 0 Å². The van der Waals surface area contributed by atoms with Crippen LogP contribution < -0.4 is 5.32 Å². The molecule has 0 saturated carbocycles. The number of ether oxygens (including phenoxy) is 1. The number of alkyl halides is 1. The van der Waals surface area contributed by atoms with Gasteiger partial charge in [-0.1, -0.05) is 18.0 Å². The van der Waals surface area contributed by atoms with Crippen LogP contribution in [0.5, 0.6) is 0 Å². The molecule has 0 atom stereocenters. The fraction of sp³-hybridized carbons (Fsp3) is 0.909. The number of carbonyl (C=O) groups is 1. The lowest BCUT2D eigenvalue weighted by atomic mass is 9.98. The van der Waals surface area contributed by atoms with Crippen LogP contribution in [0, 0.1) is 5.41 Å². The van der Waals surface area contributed by atoms with Gasteiger partial charge in [-0.2, -0.15) is 0 Å². The molecule has 15 heavy (non-hydrogen) atoms. The van der Waals surface area contributed by atoms with E-state index < -0.39 is 5.41 Å². The van der Waals surface area contributed by atoms with E-state index in [4.69, 9.17) is 11.6 Å². The largest absolute Gasteiger partial charge is 0.449 e. The molecule has 4 heteroatoms. The average molecular weight is 236 g/mol. The lowest BCUT2D eigenvalue weighted by Gasteiger charge is -2.14. The number of halogens is 1. The minimum atomic E-state index is -0.436. The van der Waals surface area contributed by atoms with Gasteiger partial charge in [0.15, 0.2) is 6.07 Å². The maximum absolute atomic E-state index is 10.8. The standard InChI is InChI=1S/C6H11ClO2.C5H11N/c1-6(2,3)5(8)9-4-7;1-2-4-6-5-3-1/h4H2,1-3H3;6H,1-5H2. The van der Waals surface area contributed by atoms with Crippen molar-refractivity contribution in [2.75, 3.05) is 19.2 Å². The molecule has 1 saturated heterocycles. The Kier molecular flexibility index (Phi) is 7.79. The number of esters is 1. The normalized spacial score (nSPS) is 16.3. The van der Waals surface area contributed by atoms with Crippen molar-refractivity contribution >= 4 is 17.6 Å². The van der Waals surface area contributed by atoms with Crippen molar-refractivity contribution in [1.29, 1.82) is 0 Å². The summed E-state index contributed by atoms with van der Waals surface area (Å²) < 4.78 is 4.53. The van der Waals surface area contributed by atoms with Crippen LogP contribution in [0.25, 0.3) is 0 Å². The zero-order valence-corrected chi connectivity index (χ0v) is 10.7. The van der Waals surface area contributed by atoms with E-state index in [0.29, 0.717) is 0 Å². The molecule has 90 valence electrons. The number of hydrogen-bond acceptors (Lipinski definition) is 3. The van der Waals surface area contributed by atoms with Gasteiger partial charge >= 0.3 is 5.97 Å². The van der Waals surface area contributed by atoms with E-state index in [9.17, 15) is 4.79 Å². The molecule has 0 amide bonds. The molecular weight excluding hydrogens is 214 g/mol. The third-order valence-electron chi connectivity index (χ3n) is 2.01. The highest BCUT2D eigenvalue weighted by molar-refractivity contribution is 6.17. The molecule has 3 nitrogen and oxygen atoms in total. The highest BCUT2D eigenvalue weighted by atomic mass is 35.5. The van der Waals surface area contributed by atoms with Gasteiger partial charge in [0.05, 0.1) is 5.41 Å². The minimum Gasteiger partial charge on any atom is -0.449 e. The summed E-state index contributed by atoms with van der Waals surface area (Å²) in [5, 5.41) is 3.28. The van der Waals surface area contributed by atoms with Crippen molar-refractivity contribution in [3.05, 3.63) is 0 Å². The van der Waals surface area contributed by atoms with E-state index >= 15 is 0 Å². The average Bonchev–Trinajstić information content (AvgIpc) is 2.20. The predicted molar refractivity (Wildman–Crippen MR) is 63.0 cm³/mol. The van der Waals surface area contributed by atoms with Crippen molar-refractivity contribution < 1.29 is 9.53 Å². The van der Waals surface area contributed by atoms with Gasteiger partial charge in [-0.05, 0) is 46.7 Å². The number of piperidine rings is 1. The zero-order valence-electron chi connectivity index (χ0n) is 9.94. The van der Waals surface area contributed by atoms with E-state index in [1.54, 1.807) is 20.8 Å². The molecule has 0 aliphatic carbocycles. The third kappa shape index (κ3) is 8.70. The number of rotatable bonds is 1.